The van der Waals surface area contributed by atoms with E-state index < -0.39 is 5.97 Å². The number of carboxylic acid groups (broad SMARTS) is 1. The molecule has 0 bridgehead atoms. The minimum Gasteiger partial charge on any atom is -0.477 e. The zero-order chi connectivity index (χ0) is 35.2. The van der Waals surface area contributed by atoms with Gasteiger partial charge in [-0.25, -0.2) is 9.78 Å². The van der Waals surface area contributed by atoms with Gasteiger partial charge >= 0.3 is 5.97 Å². The van der Waals surface area contributed by atoms with Gasteiger partial charge in [0.25, 0.3) is 0 Å². The molecule has 0 unspecified atom stereocenters. The molecule has 0 saturated heterocycles. The number of benzene rings is 5. The maximum absolute atomic E-state index is 10.8. The van der Waals surface area contributed by atoms with Crippen LogP contribution in [0.15, 0.2) is 121 Å². The summed E-state index contributed by atoms with van der Waals surface area (Å²) < 4.78 is 0. The Balaban J connectivity index is 0.000000222. The number of carboxylic acids is 1. The molecular formula is C46H39IrN2O2-. The smallest absolute Gasteiger partial charge is 0.354 e. The molecule has 2 heterocycles. The van der Waals surface area contributed by atoms with Gasteiger partial charge in [0.2, 0.25) is 0 Å². The summed E-state index contributed by atoms with van der Waals surface area (Å²) in [4.78, 5) is 19.8. The van der Waals surface area contributed by atoms with Crippen molar-refractivity contribution >= 4 is 16.9 Å². The van der Waals surface area contributed by atoms with Crippen molar-refractivity contribution in [1.82, 2.24) is 9.97 Å². The first-order valence-corrected chi connectivity index (χ1v) is 16.9. The topological polar surface area (TPSA) is 63.1 Å². The first-order chi connectivity index (χ1) is 24.0. The van der Waals surface area contributed by atoms with E-state index in [1.54, 1.807) is 12.1 Å². The minimum absolute atomic E-state index is 0. The number of nitrogens with zero attached hydrogens (tertiary/aromatic N) is 2. The van der Waals surface area contributed by atoms with Crippen LogP contribution in [0.1, 0.15) is 57.7 Å². The van der Waals surface area contributed by atoms with E-state index in [2.05, 4.69) is 125 Å². The van der Waals surface area contributed by atoms with Gasteiger partial charge in [-0.3, -0.25) is 4.98 Å². The Morgan fingerprint density at radius 1 is 0.647 bits per heavy atom. The van der Waals surface area contributed by atoms with Gasteiger partial charge in [0.15, 0.2) is 0 Å². The van der Waals surface area contributed by atoms with E-state index >= 15 is 0 Å². The second-order valence-corrected chi connectivity index (χ2v) is 13.9. The maximum Gasteiger partial charge on any atom is 0.354 e. The molecule has 0 amide bonds. The van der Waals surface area contributed by atoms with Crippen molar-refractivity contribution < 1.29 is 30.0 Å². The fraction of sp³-hybridized carbons (Fsp3) is 0.152. The predicted octanol–water partition coefficient (Wildman–Crippen LogP) is 11.4. The molecule has 0 atom stereocenters. The van der Waals surface area contributed by atoms with E-state index in [4.69, 9.17) is 10.1 Å². The van der Waals surface area contributed by atoms with Crippen LogP contribution in [0, 0.1) is 33.8 Å². The summed E-state index contributed by atoms with van der Waals surface area (Å²) in [6, 6.07) is 43.8. The van der Waals surface area contributed by atoms with Crippen LogP contribution in [-0.2, 0) is 25.5 Å². The molecule has 0 saturated carbocycles. The maximum atomic E-state index is 10.8. The molecule has 51 heavy (non-hydrogen) atoms. The fourth-order valence-electron chi connectivity index (χ4n) is 7.12. The predicted molar refractivity (Wildman–Crippen MR) is 205 cm³/mol. The normalized spacial score (nSPS) is 12.3. The van der Waals surface area contributed by atoms with Crippen LogP contribution in [0.25, 0.3) is 55.5 Å². The van der Waals surface area contributed by atoms with Gasteiger partial charge in [-0.2, -0.15) is 0 Å². The molecule has 5 aromatic carbocycles. The first-order valence-electron chi connectivity index (χ1n) is 16.9. The van der Waals surface area contributed by atoms with E-state index in [0.717, 1.165) is 33.5 Å². The van der Waals surface area contributed by atoms with Crippen molar-refractivity contribution in [3.05, 3.63) is 167 Å². The Morgan fingerprint density at radius 3 is 2.14 bits per heavy atom. The van der Waals surface area contributed by atoms with E-state index in [1.807, 2.05) is 31.2 Å². The second kappa shape index (κ2) is 14.2. The summed E-state index contributed by atoms with van der Waals surface area (Å²) in [5.41, 5.74) is 17.6. The number of rotatable bonds is 4. The van der Waals surface area contributed by atoms with Crippen LogP contribution in [0.3, 0.4) is 0 Å². The van der Waals surface area contributed by atoms with Crippen molar-refractivity contribution in [2.24, 2.45) is 0 Å². The second-order valence-electron chi connectivity index (χ2n) is 13.9. The third kappa shape index (κ3) is 7.05. The Kier molecular flexibility index (Phi) is 9.90. The molecule has 8 rings (SSSR count). The average molecular weight is 844 g/mol. The molecule has 1 aliphatic rings. The van der Waals surface area contributed by atoms with E-state index in [0.29, 0.717) is 0 Å². The summed E-state index contributed by atoms with van der Waals surface area (Å²) in [5.74, 6) is -1.01. The number of hydrogen-bond acceptors (Lipinski definition) is 3. The minimum atomic E-state index is -1.01. The van der Waals surface area contributed by atoms with Gasteiger partial charge in [-0.15, -0.1) is 34.9 Å². The van der Waals surface area contributed by atoms with Gasteiger partial charge in [-0.1, -0.05) is 118 Å². The van der Waals surface area contributed by atoms with Crippen molar-refractivity contribution in [3.63, 3.8) is 0 Å². The van der Waals surface area contributed by atoms with Crippen molar-refractivity contribution in [1.29, 1.82) is 0 Å². The summed E-state index contributed by atoms with van der Waals surface area (Å²) in [5, 5.41) is 10.0. The number of aryl methyl sites for hydroxylation is 4. The van der Waals surface area contributed by atoms with Gasteiger partial charge in [-0.05, 0) is 88.3 Å². The van der Waals surface area contributed by atoms with Crippen molar-refractivity contribution in [2.45, 2.75) is 47.0 Å². The monoisotopic (exact) mass is 844 g/mol. The molecule has 0 spiro atoms. The number of hydrogen-bond donors (Lipinski definition) is 1. The summed E-state index contributed by atoms with van der Waals surface area (Å²) in [6.45, 7) is 13.1. The largest absolute Gasteiger partial charge is 0.477 e. The molecule has 7 aromatic rings. The van der Waals surface area contributed by atoms with Crippen LogP contribution in [-0.4, -0.2) is 21.0 Å². The fourth-order valence-corrected chi connectivity index (χ4v) is 7.12. The van der Waals surface area contributed by atoms with Gasteiger partial charge in [0, 0.05) is 37.1 Å². The molecule has 2 aromatic heterocycles. The molecule has 0 aliphatic heterocycles. The number of aromatic nitrogens is 2. The summed E-state index contributed by atoms with van der Waals surface area (Å²) in [6.07, 6.45) is 1.51. The molecule has 255 valence electrons. The standard InChI is InChI=1S/C33H28N.C13H11NO2.Ir/c1-20-9-8-10-23(14-20)26-18-31(24-15-21(2)13-22(3)16-24)34-32-19-30-27(17-28(26)32)25-11-6-7-12-29(25)33(30,4)5;1-9-2-4-10(5-3-9)11-6-7-14-12(8-11)13(15)16;/h6-15,17-19H,1-5H3;2-8H,1H3,(H,15,16);/q-1;;. The Bertz CT molecular complexity index is 2410. The molecule has 1 radical (unpaired) electrons. The third-order valence-electron chi connectivity index (χ3n) is 9.63. The molecule has 1 N–H and O–H groups in total. The van der Waals surface area contributed by atoms with E-state index in [1.165, 1.54) is 61.7 Å². The Labute approximate surface area is 313 Å². The van der Waals surface area contributed by atoms with Crippen LogP contribution in [0.4, 0.5) is 0 Å². The first kappa shape index (κ1) is 35.6. The number of fused-ring (bicyclic) bond motifs is 4. The van der Waals surface area contributed by atoms with Gasteiger partial charge in [0.05, 0.1) is 5.52 Å². The molecule has 4 nitrogen and oxygen atoms in total. The van der Waals surface area contributed by atoms with Gasteiger partial charge in [0.1, 0.15) is 5.69 Å². The Hall–Kier alpha value is -5.22. The average Bonchev–Trinajstić information content (AvgIpc) is 3.32. The number of pyridine rings is 2. The molecule has 0 fully saturated rings. The van der Waals surface area contributed by atoms with Crippen molar-refractivity contribution in [2.75, 3.05) is 0 Å². The van der Waals surface area contributed by atoms with Gasteiger partial charge < -0.3 is 5.11 Å². The Morgan fingerprint density at radius 2 is 1.41 bits per heavy atom. The summed E-state index contributed by atoms with van der Waals surface area (Å²) in [7, 11) is 0. The zero-order valence-electron chi connectivity index (χ0n) is 29.6. The van der Waals surface area contributed by atoms with Crippen LogP contribution < -0.4 is 0 Å². The number of aromatic carboxylic acids is 1. The van der Waals surface area contributed by atoms with Crippen LogP contribution in [0.2, 0.25) is 0 Å². The molecule has 5 heteroatoms. The van der Waals surface area contributed by atoms with E-state index in [9.17, 15) is 4.79 Å². The third-order valence-corrected chi connectivity index (χ3v) is 9.63. The molecule has 1 aliphatic carbocycles. The SMILES string of the molecule is Cc1[c-]c(-c2cc(-c3cccc(C)c3)c3cc4c(cc3n2)C(C)(C)c2ccccc2-4)cc(C)c1.Cc1ccc(-c2ccnc(C(=O)O)c2)cc1.[Ir]. The quantitative estimate of drug-likeness (QED) is 0.179. The van der Waals surface area contributed by atoms with Crippen LogP contribution >= 0.6 is 0 Å². The zero-order valence-corrected chi connectivity index (χ0v) is 32.0. The number of carbonyl (C=O) groups is 1. The van der Waals surface area contributed by atoms with Crippen LogP contribution in [0.5, 0.6) is 0 Å². The molecular weight excluding hydrogens is 805 g/mol. The van der Waals surface area contributed by atoms with E-state index in [-0.39, 0.29) is 31.2 Å². The van der Waals surface area contributed by atoms with Crippen molar-refractivity contribution in [3.8, 4) is 44.6 Å². The summed E-state index contributed by atoms with van der Waals surface area (Å²) >= 11 is 0.